The molecule has 4 rings (SSSR count). The highest BCUT2D eigenvalue weighted by atomic mass is 79.9. The summed E-state index contributed by atoms with van der Waals surface area (Å²) in [6, 6.07) is 19.3. The van der Waals surface area contributed by atoms with Crippen molar-refractivity contribution in [3.63, 3.8) is 0 Å². The van der Waals surface area contributed by atoms with Crippen LogP contribution in [0.4, 0.5) is 0 Å². The van der Waals surface area contributed by atoms with Crippen LogP contribution in [0.1, 0.15) is 12.5 Å². The number of aromatic nitrogens is 4. The Bertz CT molecular complexity index is 1270. The summed E-state index contributed by atoms with van der Waals surface area (Å²) in [5, 5.41) is 13.5. The molecule has 7 nitrogen and oxygen atoms in total. The fraction of sp³-hybridized carbons (Fsp3) is 0.0870. The predicted octanol–water partition coefficient (Wildman–Crippen LogP) is 5.49. The Kier molecular flexibility index (Phi) is 7.69. The Balaban J connectivity index is 1.51. The van der Waals surface area contributed by atoms with Crippen LogP contribution in [0.25, 0.3) is 17.1 Å². The Labute approximate surface area is 212 Å². The van der Waals surface area contributed by atoms with Crippen LogP contribution < -0.4 is 5.43 Å². The van der Waals surface area contributed by atoms with E-state index in [1.807, 2.05) is 72.2 Å². The van der Waals surface area contributed by atoms with Crippen molar-refractivity contribution in [2.45, 2.75) is 12.1 Å². The lowest BCUT2D eigenvalue weighted by Crippen LogP contribution is -2.21. The van der Waals surface area contributed by atoms with E-state index < -0.39 is 0 Å². The molecule has 0 saturated heterocycles. The number of carbonyl (C=O) groups is 1. The average molecular weight is 586 g/mol. The molecule has 0 fully saturated rings. The molecule has 2 aromatic heterocycles. The van der Waals surface area contributed by atoms with Gasteiger partial charge >= 0.3 is 0 Å². The summed E-state index contributed by atoms with van der Waals surface area (Å²) in [5.74, 6) is 0.585. The molecule has 2 heterocycles. The molecule has 0 unspecified atom stereocenters. The number of pyridine rings is 1. The van der Waals surface area contributed by atoms with Gasteiger partial charge in [0, 0.05) is 32.6 Å². The van der Waals surface area contributed by atoms with E-state index in [0.717, 1.165) is 31.5 Å². The molecule has 0 aliphatic heterocycles. The molecule has 0 spiro atoms. The number of nitrogens with one attached hydrogen (secondary N) is 1. The molecule has 0 saturated carbocycles. The summed E-state index contributed by atoms with van der Waals surface area (Å²) in [6.45, 7) is 1.85. The monoisotopic (exact) mass is 584 g/mol. The minimum atomic E-state index is -0.229. The standard InChI is InChI=1S/C23H18Br2N6OS/c1-15(16-2-4-18(24)5-3-16)27-28-21(32)14-33-23-30-29-22(17-10-12-26-13-11-17)31(23)20-8-6-19(25)7-9-20/h2-13H,14H2,1H3,(H,28,32). The fourth-order valence-electron chi connectivity index (χ4n) is 2.94. The highest BCUT2D eigenvalue weighted by Crippen LogP contribution is 2.28. The summed E-state index contributed by atoms with van der Waals surface area (Å²) < 4.78 is 3.88. The van der Waals surface area contributed by atoms with Crippen LogP contribution in [0.5, 0.6) is 0 Å². The van der Waals surface area contributed by atoms with Crippen molar-refractivity contribution in [2.24, 2.45) is 5.10 Å². The zero-order valence-corrected chi connectivity index (χ0v) is 21.4. The highest BCUT2D eigenvalue weighted by molar-refractivity contribution is 9.10. The Hall–Kier alpha value is -2.82. The molecule has 166 valence electrons. The third kappa shape index (κ3) is 5.95. The number of hydrazone groups is 1. The van der Waals surface area contributed by atoms with Crippen LogP contribution >= 0.6 is 43.6 Å². The molecule has 0 radical (unpaired) electrons. The molecule has 4 aromatic rings. The van der Waals surface area contributed by atoms with E-state index in [0.29, 0.717) is 11.0 Å². The molecule has 1 amide bonds. The third-order valence-corrected chi connectivity index (χ3v) is 6.59. The van der Waals surface area contributed by atoms with Gasteiger partial charge < -0.3 is 0 Å². The quantitative estimate of drug-likeness (QED) is 0.176. The Morgan fingerprint density at radius 3 is 2.27 bits per heavy atom. The van der Waals surface area contributed by atoms with Crippen LogP contribution in [0.3, 0.4) is 0 Å². The highest BCUT2D eigenvalue weighted by Gasteiger charge is 2.17. The van der Waals surface area contributed by atoms with E-state index in [4.69, 9.17) is 0 Å². The number of rotatable bonds is 7. The second kappa shape index (κ2) is 10.9. The van der Waals surface area contributed by atoms with Gasteiger partial charge in [-0.2, -0.15) is 5.10 Å². The molecular formula is C23H18Br2N6OS. The van der Waals surface area contributed by atoms with Crippen molar-refractivity contribution in [3.05, 3.63) is 87.6 Å². The smallest absolute Gasteiger partial charge is 0.250 e. The zero-order valence-electron chi connectivity index (χ0n) is 17.4. The van der Waals surface area contributed by atoms with Crippen LogP contribution in [-0.2, 0) is 4.79 Å². The number of nitrogens with zero attached hydrogens (tertiary/aromatic N) is 5. The summed E-state index contributed by atoms with van der Waals surface area (Å²) in [4.78, 5) is 16.5. The van der Waals surface area contributed by atoms with Gasteiger partial charge in [0.2, 0.25) is 0 Å². The number of carbonyl (C=O) groups excluding carboxylic acids is 1. The van der Waals surface area contributed by atoms with Crippen LogP contribution in [0, 0.1) is 0 Å². The fourth-order valence-corrected chi connectivity index (χ4v) is 4.21. The first-order valence-corrected chi connectivity index (χ1v) is 12.4. The van der Waals surface area contributed by atoms with Crippen LogP contribution in [-0.4, -0.2) is 37.1 Å². The molecule has 10 heteroatoms. The maximum Gasteiger partial charge on any atom is 0.250 e. The van der Waals surface area contributed by atoms with Gasteiger partial charge in [-0.1, -0.05) is 55.8 Å². The van der Waals surface area contributed by atoms with E-state index in [9.17, 15) is 4.79 Å². The van der Waals surface area contributed by atoms with Crippen molar-refractivity contribution in [1.29, 1.82) is 0 Å². The van der Waals surface area contributed by atoms with Crippen molar-refractivity contribution in [2.75, 3.05) is 5.75 Å². The molecule has 2 aromatic carbocycles. The lowest BCUT2D eigenvalue weighted by molar-refractivity contribution is -0.118. The van der Waals surface area contributed by atoms with Gasteiger partial charge in [0.1, 0.15) is 0 Å². The van der Waals surface area contributed by atoms with Crippen molar-refractivity contribution < 1.29 is 4.79 Å². The van der Waals surface area contributed by atoms with Crippen molar-refractivity contribution in [1.82, 2.24) is 25.2 Å². The van der Waals surface area contributed by atoms with Gasteiger partial charge in [0.15, 0.2) is 11.0 Å². The summed E-state index contributed by atoms with van der Waals surface area (Å²) in [5.41, 5.74) is 6.04. The number of hydrogen-bond donors (Lipinski definition) is 1. The lowest BCUT2D eigenvalue weighted by atomic mass is 10.1. The lowest BCUT2D eigenvalue weighted by Gasteiger charge is -2.10. The topological polar surface area (TPSA) is 85.1 Å². The number of benzene rings is 2. The maximum absolute atomic E-state index is 12.5. The zero-order chi connectivity index (χ0) is 23.2. The van der Waals surface area contributed by atoms with E-state index in [1.54, 1.807) is 12.4 Å². The second-order valence-electron chi connectivity index (χ2n) is 6.88. The van der Waals surface area contributed by atoms with Gasteiger partial charge in [0.25, 0.3) is 5.91 Å². The maximum atomic E-state index is 12.5. The van der Waals surface area contributed by atoms with E-state index in [1.165, 1.54) is 11.8 Å². The SMILES string of the molecule is CC(=NNC(=O)CSc1nnc(-c2ccncc2)n1-c1ccc(Br)cc1)c1ccc(Br)cc1. The van der Waals surface area contributed by atoms with Gasteiger partial charge in [-0.05, 0) is 61.0 Å². The Morgan fingerprint density at radius 2 is 1.61 bits per heavy atom. The van der Waals surface area contributed by atoms with E-state index >= 15 is 0 Å². The number of amides is 1. The third-order valence-electron chi connectivity index (χ3n) is 4.60. The first-order chi connectivity index (χ1) is 16.0. The van der Waals surface area contributed by atoms with Gasteiger partial charge in [-0.3, -0.25) is 14.3 Å². The number of thioether (sulfide) groups is 1. The first kappa shape index (κ1) is 23.3. The van der Waals surface area contributed by atoms with Crippen molar-refractivity contribution in [3.8, 4) is 17.1 Å². The van der Waals surface area contributed by atoms with Gasteiger partial charge in [0.05, 0.1) is 11.5 Å². The summed E-state index contributed by atoms with van der Waals surface area (Å²) >= 11 is 8.17. The van der Waals surface area contributed by atoms with Crippen molar-refractivity contribution >= 4 is 55.2 Å². The van der Waals surface area contributed by atoms with E-state index in [-0.39, 0.29) is 11.7 Å². The molecule has 0 bridgehead atoms. The van der Waals surface area contributed by atoms with E-state index in [2.05, 4.69) is 57.6 Å². The minimum absolute atomic E-state index is 0.141. The second-order valence-corrected chi connectivity index (χ2v) is 9.66. The molecule has 1 N–H and O–H groups in total. The first-order valence-electron chi connectivity index (χ1n) is 9.85. The van der Waals surface area contributed by atoms with Crippen LogP contribution in [0.15, 0.2) is 92.3 Å². The normalized spacial score (nSPS) is 11.4. The predicted molar refractivity (Wildman–Crippen MR) is 138 cm³/mol. The average Bonchev–Trinajstić information content (AvgIpc) is 3.26. The minimum Gasteiger partial charge on any atom is -0.272 e. The molecule has 0 aliphatic carbocycles. The molecule has 0 atom stereocenters. The summed E-state index contributed by atoms with van der Waals surface area (Å²) in [6.07, 6.45) is 3.42. The van der Waals surface area contributed by atoms with Gasteiger partial charge in [-0.25, -0.2) is 5.43 Å². The largest absolute Gasteiger partial charge is 0.272 e. The molecular weight excluding hydrogens is 568 g/mol. The van der Waals surface area contributed by atoms with Crippen LogP contribution in [0.2, 0.25) is 0 Å². The number of hydrogen-bond acceptors (Lipinski definition) is 6. The number of halogens is 2. The Morgan fingerprint density at radius 1 is 0.970 bits per heavy atom. The summed E-state index contributed by atoms with van der Waals surface area (Å²) in [7, 11) is 0. The molecule has 33 heavy (non-hydrogen) atoms. The van der Waals surface area contributed by atoms with Gasteiger partial charge in [-0.15, -0.1) is 10.2 Å². The molecule has 0 aliphatic rings.